The predicted octanol–water partition coefficient (Wildman–Crippen LogP) is 3.57. The summed E-state index contributed by atoms with van der Waals surface area (Å²) in [7, 11) is 0. The second-order valence-electron chi connectivity index (χ2n) is 5.65. The number of thiazole rings is 2. The van der Waals surface area contributed by atoms with Gasteiger partial charge < -0.3 is 9.88 Å². The average Bonchev–Trinajstić information content (AvgIpc) is 3.16. The third-order valence-electron chi connectivity index (χ3n) is 3.70. The van der Waals surface area contributed by atoms with Gasteiger partial charge in [-0.3, -0.25) is 9.59 Å². The topological polar surface area (TPSA) is 64.0 Å². The predicted molar refractivity (Wildman–Crippen MR) is 97.8 cm³/mol. The van der Waals surface area contributed by atoms with Gasteiger partial charge in [0.05, 0.1) is 0 Å². The highest BCUT2D eigenvalue weighted by atomic mass is 32.1. The number of nitrogens with one attached hydrogen (secondary N) is 1. The molecule has 1 amide bonds. The highest BCUT2D eigenvalue weighted by Crippen LogP contribution is 2.22. The molecule has 26 heavy (non-hydrogen) atoms. The lowest BCUT2D eigenvalue weighted by Crippen LogP contribution is -2.20. The Labute approximate surface area is 156 Å². The van der Waals surface area contributed by atoms with Crippen molar-refractivity contribution in [3.05, 3.63) is 67.2 Å². The van der Waals surface area contributed by atoms with Crippen molar-refractivity contribution in [2.24, 2.45) is 0 Å². The van der Waals surface area contributed by atoms with E-state index in [1.165, 1.54) is 17.4 Å². The van der Waals surface area contributed by atoms with E-state index in [4.69, 9.17) is 0 Å². The summed E-state index contributed by atoms with van der Waals surface area (Å²) in [5.41, 5.74) is 1.45. The van der Waals surface area contributed by atoms with Crippen molar-refractivity contribution in [1.82, 2.24) is 9.55 Å². The number of nitrogens with zero attached hydrogens (tertiary/aromatic N) is 2. The molecule has 3 rings (SSSR count). The number of hydrogen-bond donors (Lipinski definition) is 1. The van der Waals surface area contributed by atoms with E-state index >= 15 is 0 Å². The Hall–Kier alpha value is -2.39. The molecular formula is C17H15F2N3O2S2. The molecule has 0 bridgehead atoms. The highest BCUT2D eigenvalue weighted by molar-refractivity contribution is 7.15. The summed E-state index contributed by atoms with van der Waals surface area (Å²) in [5, 5.41) is 4.88. The third kappa shape index (κ3) is 4.41. The molecule has 0 radical (unpaired) electrons. The number of benzene rings is 1. The van der Waals surface area contributed by atoms with Gasteiger partial charge in [-0.25, -0.2) is 13.8 Å². The van der Waals surface area contributed by atoms with Gasteiger partial charge in [0.2, 0.25) is 5.91 Å². The van der Waals surface area contributed by atoms with E-state index in [1.54, 1.807) is 16.1 Å². The van der Waals surface area contributed by atoms with Gasteiger partial charge in [0.15, 0.2) is 16.8 Å². The minimum absolute atomic E-state index is 0.0848. The number of carbonyl (C=O) groups excluding carboxylic acids is 1. The summed E-state index contributed by atoms with van der Waals surface area (Å²) in [4.78, 5) is 28.5. The minimum atomic E-state index is -0.889. The number of anilines is 1. The van der Waals surface area contributed by atoms with Crippen LogP contribution in [0.1, 0.15) is 22.6 Å². The van der Waals surface area contributed by atoms with Crippen LogP contribution in [0, 0.1) is 18.6 Å². The lowest BCUT2D eigenvalue weighted by molar-refractivity contribution is -0.116. The molecule has 9 heteroatoms. The largest absolute Gasteiger partial charge is 0.307 e. The Morgan fingerprint density at radius 2 is 2.12 bits per heavy atom. The van der Waals surface area contributed by atoms with Crippen LogP contribution in [0.3, 0.4) is 0 Å². The number of aromatic nitrogens is 2. The monoisotopic (exact) mass is 395 g/mol. The standard InChI is InChI=1S/C17H15F2N3O2S2/c1-10-9-25-17(24)22(10)5-4-15(23)21-16-20-8-12(26-16)6-11-2-3-13(18)14(19)7-11/h2-3,7-9H,4-6H2,1H3,(H,20,21,23). The molecule has 0 saturated heterocycles. The zero-order valence-electron chi connectivity index (χ0n) is 13.8. The van der Waals surface area contributed by atoms with Crippen molar-refractivity contribution in [3.63, 3.8) is 0 Å². The summed E-state index contributed by atoms with van der Waals surface area (Å²) in [6.07, 6.45) is 2.15. The van der Waals surface area contributed by atoms with E-state index < -0.39 is 11.6 Å². The van der Waals surface area contributed by atoms with E-state index in [1.807, 2.05) is 6.92 Å². The molecule has 1 N–H and O–H groups in total. The van der Waals surface area contributed by atoms with Crippen molar-refractivity contribution in [2.45, 2.75) is 26.3 Å². The fourth-order valence-corrected chi connectivity index (χ4v) is 3.99. The molecule has 5 nitrogen and oxygen atoms in total. The maximum Gasteiger partial charge on any atom is 0.307 e. The second-order valence-corrected chi connectivity index (χ2v) is 7.59. The van der Waals surface area contributed by atoms with Crippen LogP contribution in [0.25, 0.3) is 0 Å². The number of halogens is 2. The van der Waals surface area contributed by atoms with Gasteiger partial charge >= 0.3 is 4.87 Å². The highest BCUT2D eigenvalue weighted by Gasteiger charge is 2.10. The first kappa shape index (κ1) is 18.4. The molecule has 136 valence electrons. The normalized spacial score (nSPS) is 10.9. The quantitative estimate of drug-likeness (QED) is 0.694. The molecular weight excluding hydrogens is 380 g/mol. The Balaban J connectivity index is 1.56. The van der Waals surface area contributed by atoms with Gasteiger partial charge in [-0.1, -0.05) is 17.4 Å². The average molecular weight is 395 g/mol. The van der Waals surface area contributed by atoms with Crippen molar-refractivity contribution < 1.29 is 13.6 Å². The zero-order valence-corrected chi connectivity index (χ0v) is 15.4. The first-order valence-electron chi connectivity index (χ1n) is 7.76. The summed E-state index contributed by atoms with van der Waals surface area (Å²) in [6.45, 7) is 2.13. The van der Waals surface area contributed by atoms with Crippen LogP contribution in [0.5, 0.6) is 0 Å². The molecule has 3 aromatic rings. The van der Waals surface area contributed by atoms with Crippen LogP contribution < -0.4 is 10.2 Å². The van der Waals surface area contributed by atoms with Crippen LogP contribution >= 0.6 is 22.7 Å². The van der Waals surface area contributed by atoms with Crippen LogP contribution in [-0.2, 0) is 17.8 Å². The second kappa shape index (κ2) is 7.88. The van der Waals surface area contributed by atoms with Crippen LogP contribution in [0.4, 0.5) is 13.9 Å². The van der Waals surface area contributed by atoms with E-state index in [9.17, 15) is 18.4 Å². The van der Waals surface area contributed by atoms with Crippen molar-refractivity contribution >= 4 is 33.7 Å². The Kier molecular flexibility index (Phi) is 5.58. The lowest BCUT2D eigenvalue weighted by atomic mass is 10.1. The van der Waals surface area contributed by atoms with Crippen molar-refractivity contribution in [2.75, 3.05) is 5.32 Å². The van der Waals surface area contributed by atoms with Crippen LogP contribution in [0.15, 0.2) is 34.6 Å². The number of carbonyl (C=O) groups is 1. The van der Waals surface area contributed by atoms with E-state index in [0.29, 0.717) is 23.7 Å². The van der Waals surface area contributed by atoms with E-state index in [-0.39, 0.29) is 17.2 Å². The first-order chi connectivity index (χ1) is 12.4. The summed E-state index contributed by atoms with van der Waals surface area (Å²) in [5.74, 6) is -2.01. The molecule has 0 aliphatic rings. The molecule has 0 saturated carbocycles. The van der Waals surface area contributed by atoms with Gasteiger partial charge in [-0.05, 0) is 24.6 Å². The molecule has 0 fully saturated rings. The van der Waals surface area contributed by atoms with Crippen molar-refractivity contribution in [1.29, 1.82) is 0 Å². The van der Waals surface area contributed by atoms with Crippen LogP contribution in [0.2, 0.25) is 0 Å². The Bertz CT molecular complexity index is 994. The third-order valence-corrected chi connectivity index (χ3v) is 5.49. The molecule has 1 aromatic carbocycles. The number of aryl methyl sites for hydroxylation is 1. The molecule has 0 aliphatic carbocycles. The first-order valence-corrected chi connectivity index (χ1v) is 9.45. The molecule has 0 unspecified atom stereocenters. The van der Waals surface area contributed by atoms with E-state index in [2.05, 4.69) is 10.3 Å². The Morgan fingerprint density at radius 3 is 2.81 bits per heavy atom. The lowest BCUT2D eigenvalue weighted by Gasteiger charge is -2.04. The number of rotatable bonds is 6. The number of hydrogen-bond acceptors (Lipinski definition) is 5. The molecule has 0 atom stereocenters. The van der Waals surface area contributed by atoms with Crippen molar-refractivity contribution in [3.8, 4) is 0 Å². The van der Waals surface area contributed by atoms with E-state index in [0.717, 1.165) is 34.0 Å². The van der Waals surface area contributed by atoms with Crippen LogP contribution in [-0.4, -0.2) is 15.5 Å². The summed E-state index contributed by atoms with van der Waals surface area (Å²) < 4.78 is 27.8. The Morgan fingerprint density at radius 1 is 1.31 bits per heavy atom. The fraction of sp³-hybridized carbons (Fsp3) is 0.235. The molecule has 0 spiro atoms. The molecule has 0 aliphatic heterocycles. The zero-order chi connectivity index (χ0) is 18.7. The van der Waals surface area contributed by atoms with Gasteiger partial charge in [-0.2, -0.15) is 0 Å². The number of amides is 1. The van der Waals surface area contributed by atoms with Gasteiger partial charge in [0.25, 0.3) is 0 Å². The maximum absolute atomic E-state index is 13.2. The maximum atomic E-state index is 13.2. The van der Waals surface area contributed by atoms with Gasteiger partial charge in [0.1, 0.15) is 0 Å². The fourth-order valence-electron chi connectivity index (χ4n) is 2.37. The molecule has 2 aromatic heterocycles. The smallest absolute Gasteiger partial charge is 0.303 e. The minimum Gasteiger partial charge on any atom is -0.303 e. The van der Waals surface area contributed by atoms with Gasteiger partial charge in [-0.15, -0.1) is 11.3 Å². The summed E-state index contributed by atoms with van der Waals surface area (Å²) in [6, 6.07) is 3.74. The molecule has 2 heterocycles. The van der Waals surface area contributed by atoms with Gasteiger partial charge in [0, 0.05) is 41.5 Å². The summed E-state index contributed by atoms with van der Waals surface area (Å²) >= 11 is 2.38. The SMILES string of the molecule is Cc1csc(=O)n1CCC(=O)Nc1ncc(Cc2ccc(F)c(F)c2)s1.